The molecule has 2 aromatic rings. The fourth-order valence-corrected chi connectivity index (χ4v) is 3.47. The van der Waals surface area contributed by atoms with E-state index in [1.165, 1.54) is 7.11 Å². The van der Waals surface area contributed by atoms with Crippen molar-refractivity contribution in [1.82, 2.24) is 5.43 Å². The Hall–Kier alpha value is -1.38. The largest absolute Gasteiger partial charge is 0.493 e. The lowest BCUT2D eigenvalue weighted by atomic mass is 10.1. The fraction of sp³-hybridized carbons (Fsp3) is 0.176. The third-order valence-corrected chi connectivity index (χ3v) is 4.73. The molecule has 0 bridgehead atoms. The number of hydrogen-bond acceptors (Lipinski definition) is 4. The quantitative estimate of drug-likeness (QED) is 0.423. The van der Waals surface area contributed by atoms with Crippen LogP contribution < -0.4 is 14.9 Å². The Bertz CT molecular complexity index is 792. The number of methoxy groups -OCH3 is 1. The van der Waals surface area contributed by atoms with Crippen LogP contribution in [0.5, 0.6) is 11.5 Å². The SMILES string of the molecule is COc1cc(Br)cc(Br)c1OCC(=O)N/N=C(\C)c1ccc(Br)cc1. The molecule has 0 atom stereocenters. The second kappa shape index (κ2) is 9.35. The van der Waals surface area contributed by atoms with Crippen molar-refractivity contribution in [1.29, 1.82) is 0 Å². The Morgan fingerprint density at radius 1 is 1.12 bits per heavy atom. The minimum absolute atomic E-state index is 0.187. The standard InChI is InChI=1S/C17H15Br3N2O3/c1-10(11-3-5-12(18)6-4-11)21-22-16(23)9-25-17-14(20)7-13(19)8-15(17)24-2/h3-8H,9H2,1-2H3,(H,22,23)/b21-10+. The predicted octanol–water partition coefficient (Wildman–Crippen LogP) is 4.90. The van der Waals surface area contributed by atoms with Gasteiger partial charge in [-0.15, -0.1) is 0 Å². The molecule has 0 aliphatic carbocycles. The first-order valence-electron chi connectivity index (χ1n) is 7.15. The summed E-state index contributed by atoms with van der Waals surface area (Å²) < 4.78 is 13.3. The van der Waals surface area contributed by atoms with E-state index < -0.39 is 0 Å². The Morgan fingerprint density at radius 3 is 2.44 bits per heavy atom. The average Bonchev–Trinajstić information content (AvgIpc) is 2.58. The first kappa shape index (κ1) is 19.9. The van der Waals surface area contributed by atoms with Gasteiger partial charge in [0.25, 0.3) is 5.91 Å². The Balaban J connectivity index is 1.97. The molecular weight excluding hydrogens is 520 g/mol. The van der Waals surface area contributed by atoms with Crippen LogP contribution >= 0.6 is 47.8 Å². The molecule has 0 saturated carbocycles. The number of ether oxygens (including phenoxy) is 2. The number of carbonyl (C=O) groups is 1. The zero-order valence-electron chi connectivity index (χ0n) is 13.5. The Morgan fingerprint density at radius 2 is 1.80 bits per heavy atom. The van der Waals surface area contributed by atoms with Gasteiger partial charge in [-0.25, -0.2) is 5.43 Å². The molecule has 0 unspecified atom stereocenters. The monoisotopic (exact) mass is 532 g/mol. The van der Waals surface area contributed by atoms with Crippen LogP contribution in [-0.4, -0.2) is 25.3 Å². The van der Waals surface area contributed by atoms with Crippen LogP contribution in [0.1, 0.15) is 12.5 Å². The van der Waals surface area contributed by atoms with Crippen molar-refractivity contribution in [3.8, 4) is 11.5 Å². The molecule has 0 spiro atoms. The highest BCUT2D eigenvalue weighted by Gasteiger charge is 2.13. The second-order valence-electron chi connectivity index (χ2n) is 4.95. The molecule has 5 nitrogen and oxygen atoms in total. The summed E-state index contributed by atoms with van der Waals surface area (Å²) in [6.45, 7) is 1.63. The van der Waals surface area contributed by atoms with E-state index in [9.17, 15) is 4.79 Å². The topological polar surface area (TPSA) is 59.9 Å². The van der Waals surface area contributed by atoms with Gasteiger partial charge in [0.1, 0.15) is 0 Å². The molecule has 2 aromatic carbocycles. The number of amides is 1. The molecule has 0 saturated heterocycles. The first-order chi connectivity index (χ1) is 11.9. The lowest BCUT2D eigenvalue weighted by molar-refractivity contribution is -0.123. The van der Waals surface area contributed by atoms with Crippen LogP contribution in [0.15, 0.2) is 54.9 Å². The van der Waals surface area contributed by atoms with Gasteiger partial charge in [-0.05, 0) is 52.7 Å². The third-order valence-electron chi connectivity index (χ3n) is 3.15. The summed E-state index contributed by atoms with van der Waals surface area (Å²) in [5.74, 6) is 0.603. The molecule has 2 rings (SSSR count). The molecule has 1 N–H and O–H groups in total. The number of nitrogens with one attached hydrogen (secondary N) is 1. The third kappa shape index (κ3) is 5.83. The predicted molar refractivity (Wildman–Crippen MR) is 108 cm³/mol. The van der Waals surface area contributed by atoms with Gasteiger partial charge in [-0.1, -0.05) is 44.0 Å². The van der Waals surface area contributed by atoms with Gasteiger partial charge in [0.15, 0.2) is 18.1 Å². The molecule has 8 heteroatoms. The highest BCUT2D eigenvalue weighted by Crippen LogP contribution is 2.38. The van der Waals surface area contributed by atoms with E-state index in [0.717, 1.165) is 14.5 Å². The van der Waals surface area contributed by atoms with E-state index in [1.807, 2.05) is 37.3 Å². The summed E-state index contributed by atoms with van der Waals surface area (Å²) >= 11 is 10.1. The zero-order chi connectivity index (χ0) is 18.4. The summed E-state index contributed by atoms with van der Waals surface area (Å²) in [4.78, 5) is 12.0. The van der Waals surface area contributed by atoms with Crippen molar-refractivity contribution in [2.75, 3.05) is 13.7 Å². The zero-order valence-corrected chi connectivity index (χ0v) is 18.2. The summed E-state index contributed by atoms with van der Waals surface area (Å²) in [5.41, 5.74) is 4.10. The maximum atomic E-state index is 12.0. The number of benzene rings is 2. The molecule has 25 heavy (non-hydrogen) atoms. The molecule has 1 amide bonds. The van der Waals surface area contributed by atoms with Crippen LogP contribution in [0.3, 0.4) is 0 Å². The van der Waals surface area contributed by atoms with Crippen molar-refractivity contribution in [2.24, 2.45) is 5.10 Å². The molecule has 132 valence electrons. The van der Waals surface area contributed by atoms with Crippen molar-refractivity contribution < 1.29 is 14.3 Å². The van der Waals surface area contributed by atoms with Gasteiger partial charge in [0.2, 0.25) is 0 Å². The highest BCUT2D eigenvalue weighted by molar-refractivity contribution is 9.11. The molecule has 0 aliphatic heterocycles. The number of rotatable bonds is 6. The van der Waals surface area contributed by atoms with Crippen LogP contribution in [0.2, 0.25) is 0 Å². The lowest BCUT2D eigenvalue weighted by Crippen LogP contribution is -2.25. The van der Waals surface area contributed by atoms with Crippen molar-refractivity contribution in [3.05, 3.63) is 55.4 Å². The van der Waals surface area contributed by atoms with E-state index in [-0.39, 0.29) is 12.5 Å². The summed E-state index contributed by atoms with van der Waals surface area (Å²) in [6.07, 6.45) is 0. The van der Waals surface area contributed by atoms with E-state index in [2.05, 4.69) is 58.3 Å². The van der Waals surface area contributed by atoms with Crippen LogP contribution in [0, 0.1) is 0 Å². The number of carbonyl (C=O) groups excluding carboxylic acids is 1. The number of hydrogen-bond donors (Lipinski definition) is 1. The smallest absolute Gasteiger partial charge is 0.277 e. The van der Waals surface area contributed by atoms with Gasteiger partial charge >= 0.3 is 0 Å². The Kier molecular flexibility index (Phi) is 7.46. The van der Waals surface area contributed by atoms with Crippen LogP contribution in [0.25, 0.3) is 0 Å². The van der Waals surface area contributed by atoms with Crippen molar-refractivity contribution in [3.63, 3.8) is 0 Å². The Labute approximate surface area is 171 Å². The number of nitrogens with zero attached hydrogens (tertiary/aromatic N) is 1. The van der Waals surface area contributed by atoms with Crippen molar-refractivity contribution >= 4 is 59.4 Å². The normalized spacial score (nSPS) is 11.2. The molecular formula is C17H15Br3N2O3. The first-order valence-corrected chi connectivity index (χ1v) is 9.53. The molecule has 0 aliphatic rings. The summed E-state index contributed by atoms with van der Waals surface area (Å²) in [5, 5.41) is 4.09. The van der Waals surface area contributed by atoms with E-state index in [0.29, 0.717) is 21.7 Å². The van der Waals surface area contributed by atoms with Gasteiger partial charge in [-0.2, -0.15) is 5.10 Å². The van der Waals surface area contributed by atoms with Gasteiger partial charge in [0, 0.05) is 8.95 Å². The summed E-state index contributed by atoms with van der Waals surface area (Å²) in [6, 6.07) is 11.2. The molecule has 0 heterocycles. The van der Waals surface area contributed by atoms with E-state index in [1.54, 1.807) is 6.07 Å². The maximum absolute atomic E-state index is 12.0. The minimum atomic E-state index is -0.367. The van der Waals surface area contributed by atoms with Gasteiger partial charge in [0.05, 0.1) is 17.3 Å². The molecule has 0 fully saturated rings. The van der Waals surface area contributed by atoms with Gasteiger partial charge in [-0.3, -0.25) is 4.79 Å². The van der Waals surface area contributed by atoms with Crippen molar-refractivity contribution in [2.45, 2.75) is 6.92 Å². The maximum Gasteiger partial charge on any atom is 0.277 e. The number of halogens is 3. The average molecular weight is 535 g/mol. The van der Waals surface area contributed by atoms with E-state index in [4.69, 9.17) is 9.47 Å². The van der Waals surface area contributed by atoms with Crippen LogP contribution in [-0.2, 0) is 4.79 Å². The highest BCUT2D eigenvalue weighted by atomic mass is 79.9. The van der Waals surface area contributed by atoms with E-state index >= 15 is 0 Å². The molecule has 0 aromatic heterocycles. The lowest BCUT2D eigenvalue weighted by Gasteiger charge is -2.12. The minimum Gasteiger partial charge on any atom is -0.493 e. The fourth-order valence-electron chi connectivity index (χ4n) is 1.90. The van der Waals surface area contributed by atoms with Gasteiger partial charge < -0.3 is 9.47 Å². The van der Waals surface area contributed by atoms with Crippen LogP contribution in [0.4, 0.5) is 0 Å². The second-order valence-corrected chi connectivity index (χ2v) is 7.63. The molecule has 0 radical (unpaired) electrons. The number of hydrazone groups is 1. The summed E-state index contributed by atoms with van der Waals surface area (Å²) in [7, 11) is 1.53.